The van der Waals surface area contributed by atoms with Crippen LogP contribution in [-0.2, 0) is 91.3 Å². The summed E-state index contributed by atoms with van der Waals surface area (Å²) in [5.41, 5.74) is -0.939. The number of ether oxygens (including phenoxy) is 10. The highest BCUT2D eigenvalue weighted by Gasteiger charge is 2.60. The molecule has 2 fully saturated rings. The van der Waals surface area contributed by atoms with Gasteiger partial charge in [0.05, 0.1) is 12.4 Å². The van der Waals surface area contributed by atoms with E-state index >= 15 is 0 Å². The third kappa shape index (κ3) is 11.0. The molecule has 11 atom stereocenters. The van der Waals surface area contributed by atoms with Gasteiger partial charge in [-0.1, -0.05) is 23.4 Å². The van der Waals surface area contributed by atoms with Crippen LogP contribution < -0.4 is 0 Å². The molecule has 2 saturated heterocycles. The minimum absolute atomic E-state index is 0.170. The van der Waals surface area contributed by atoms with Crippen LogP contribution in [0, 0.1) is 0 Å². The minimum atomic E-state index is -1.76. The Labute approximate surface area is 352 Å². The second kappa shape index (κ2) is 19.8. The molecular weight excluding hydrogens is 828 g/mol. The zero-order chi connectivity index (χ0) is 45.5. The Hall–Kier alpha value is -6.69. The Morgan fingerprint density at radius 3 is 1.60 bits per heavy atom. The molecule has 24 heteroatoms. The normalized spacial score (nSPS) is 28.8. The number of aromatic nitrogens is 3. The van der Waals surface area contributed by atoms with Gasteiger partial charge in [-0.25, -0.2) is 4.68 Å². The predicted molar refractivity (Wildman–Crippen MR) is 200 cm³/mol. The van der Waals surface area contributed by atoms with E-state index in [-0.39, 0.29) is 5.69 Å². The van der Waals surface area contributed by atoms with Gasteiger partial charge in [0.1, 0.15) is 37.2 Å². The molecule has 0 aliphatic carbocycles. The summed E-state index contributed by atoms with van der Waals surface area (Å²) < 4.78 is 57.6. The zero-order valence-corrected chi connectivity index (χ0v) is 34.7. The van der Waals surface area contributed by atoms with Gasteiger partial charge in [0.25, 0.3) is 0 Å². The molecule has 0 N–H and O–H groups in total. The molecule has 1 aromatic heterocycles. The fourth-order valence-corrected chi connectivity index (χ4v) is 7.13. The number of esters is 8. The molecule has 0 saturated carbocycles. The molecule has 0 spiro atoms. The molecule has 3 aliphatic rings. The Morgan fingerprint density at radius 1 is 0.613 bits per heavy atom. The maximum Gasteiger partial charge on any atom is 0.303 e. The van der Waals surface area contributed by atoms with Crippen LogP contribution in [0.5, 0.6) is 0 Å². The van der Waals surface area contributed by atoms with E-state index in [1.165, 1.54) is 12.4 Å². The summed E-state index contributed by atoms with van der Waals surface area (Å²) in [7, 11) is 0. The minimum Gasteiger partial charge on any atom is -0.463 e. The molecule has 4 heterocycles. The molecule has 0 bridgehead atoms. The number of nitrogens with zero attached hydrogens (tertiary/aromatic N) is 6. The maximum atomic E-state index is 12.6. The SMILES string of the molecule is CC(=O)OC[C@H]1O[C@@H](C2(c3cccc(-c4cn([C@H]5O[C@H](COC(C)=O)[C@@H](OC(C)=O)[C@H](OC(C)=O)[C@@H]5OC(C)=O)nn4)c3)C=NN=N2)[C@H](OC(C)=O)[C@H](OC(C)=O)[C@@H]1OC(C)=O. The number of benzene rings is 1. The van der Waals surface area contributed by atoms with Gasteiger partial charge in [-0.2, -0.15) is 0 Å². The molecule has 5 rings (SSSR count). The van der Waals surface area contributed by atoms with Crippen molar-refractivity contribution in [2.45, 2.75) is 122 Å². The van der Waals surface area contributed by atoms with Crippen LogP contribution in [0.15, 0.2) is 45.9 Å². The lowest BCUT2D eigenvalue weighted by Crippen LogP contribution is -2.66. The Kier molecular flexibility index (Phi) is 14.8. The third-order valence-corrected chi connectivity index (χ3v) is 9.30. The quantitative estimate of drug-likeness (QED) is 0.189. The van der Waals surface area contributed by atoms with Gasteiger partial charge in [-0.05, 0) is 16.9 Å². The first-order valence-corrected chi connectivity index (χ1v) is 18.9. The van der Waals surface area contributed by atoms with E-state index in [0.717, 1.165) is 60.1 Å². The van der Waals surface area contributed by atoms with Crippen molar-refractivity contribution >= 4 is 54.0 Å². The van der Waals surface area contributed by atoms with Crippen molar-refractivity contribution in [2.24, 2.45) is 15.4 Å². The summed E-state index contributed by atoms with van der Waals surface area (Å²) in [6.45, 7) is 7.87. The molecule has 2 aromatic rings. The van der Waals surface area contributed by atoms with Gasteiger partial charge in [0.15, 0.2) is 48.4 Å². The fourth-order valence-electron chi connectivity index (χ4n) is 7.13. The average molecular weight is 873 g/mol. The second-order valence-corrected chi connectivity index (χ2v) is 14.1. The van der Waals surface area contributed by atoms with Crippen LogP contribution in [0.3, 0.4) is 0 Å². The summed E-state index contributed by atoms with van der Waals surface area (Å²) in [6.07, 6.45) is -11.6. The number of hydrogen-bond donors (Lipinski definition) is 0. The van der Waals surface area contributed by atoms with Crippen molar-refractivity contribution in [3.05, 3.63) is 36.0 Å². The van der Waals surface area contributed by atoms with E-state index in [4.69, 9.17) is 47.4 Å². The lowest BCUT2D eigenvalue weighted by molar-refractivity contribution is -0.270. The smallest absolute Gasteiger partial charge is 0.303 e. The highest BCUT2D eigenvalue weighted by molar-refractivity contribution is 5.78. The average Bonchev–Trinajstić information content (AvgIpc) is 3.87. The molecule has 1 unspecified atom stereocenters. The second-order valence-electron chi connectivity index (χ2n) is 14.1. The van der Waals surface area contributed by atoms with Gasteiger partial charge in [0.2, 0.25) is 0 Å². The predicted octanol–water partition coefficient (Wildman–Crippen LogP) is 0.973. The van der Waals surface area contributed by atoms with Crippen molar-refractivity contribution in [3.63, 3.8) is 0 Å². The number of hydrogen-bond acceptors (Lipinski definition) is 23. The van der Waals surface area contributed by atoms with Gasteiger partial charge in [-0.15, -0.1) is 15.3 Å². The first-order chi connectivity index (χ1) is 29.3. The maximum absolute atomic E-state index is 12.6. The first kappa shape index (κ1) is 46.4. The van der Waals surface area contributed by atoms with E-state index in [2.05, 4.69) is 25.8 Å². The summed E-state index contributed by atoms with van der Waals surface area (Å²) in [5.74, 6) is -6.36. The van der Waals surface area contributed by atoms with Gasteiger partial charge < -0.3 is 47.4 Å². The molecule has 62 heavy (non-hydrogen) atoms. The third-order valence-electron chi connectivity index (χ3n) is 9.30. The molecular formula is C38H44N6O18. The van der Waals surface area contributed by atoms with E-state index in [1.54, 1.807) is 24.3 Å². The Balaban J connectivity index is 1.59. The standard InChI is InChI=1S/C38H44N6O18/c1-17(45)53-14-28-30(55-19(3)47)32(57-21(5)49)34(59-23(7)51)36(61-28)38(16-39-42-41-38)26-11-9-10-25(12-26)27-13-44(43-40-27)37-35(60-24(8)52)33(58-22(6)50)31(56-20(4)48)29(62-37)15-54-18(2)46/h9-13,16,28-37H,14-15H2,1-8H3/t28-,29-,30-,31-,32-,33+,34-,35+,36-,37+,38?/m1/s1. The molecule has 1 aromatic carbocycles. The summed E-state index contributed by atoms with van der Waals surface area (Å²) >= 11 is 0. The topological polar surface area (TPSA) is 297 Å². The summed E-state index contributed by atoms with van der Waals surface area (Å²) in [4.78, 5) is 98.2. The molecule has 0 radical (unpaired) electrons. The largest absolute Gasteiger partial charge is 0.463 e. The highest BCUT2D eigenvalue weighted by atomic mass is 16.7. The zero-order valence-electron chi connectivity index (χ0n) is 34.7. The van der Waals surface area contributed by atoms with Crippen molar-refractivity contribution in [2.75, 3.05) is 13.2 Å². The number of carbonyl (C=O) groups excluding carboxylic acids is 8. The van der Waals surface area contributed by atoms with E-state index in [0.29, 0.717) is 11.1 Å². The Bertz CT molecular complexity index is 2110. The monoisotopic (exact) mass is 872 g/mol. The highest BCUT2D eigenvalue weighted by Crippen LogP contribution is 2.43. The van der Waals surface area contributed by atoms with Gasteiger partial charge in [-0.3, -0.25) is 38.4 Å². The molecule has 3 aliphatic heterocycles. The van der Waals surface area contributed by atoms with E-state index in [1.807, 2.05) is 0 Å². The van der Waals surface area contributed by atoms with Gasteiger partial charge >= 0.3 is 47.8 Å². The lowest BCUT2D eigenvalue weighted by atomic mass is 9.78. The van der Waals surface area contributed by atoms with E-state index < -0.39 is 128 Å². The van der Waals surface area contributed by atoms with Crippen LogP contribution >= 0.6 is 0 Å². The van der Waals surface area contributed by atoms with Crippen LogP contribution in [0.1, 0.15) is 67.2 Å². The van der Waals surface area contributed by atoms with Crippen LogP contribution in [0.2, 0.25) is 0 Å². The van der Waals surface area contributed by atoms with Crippen LogP contribution in [0.4, 0.5) is 0 Å². The van der Waals surface area contributed by atoms with Crippen molar-refractivity contribution < 1.29 is 85.7 Å². The van der Waals surface area contributed by atoms with Crippen molar-refractivity contribution in [3.8, 4) is 11.3 Å². The van der Waals surface area contributed by atoms with Crippen LogP contribution in [-0.4, -0.2) is 137 Å². The number of carbonyl (C=O) groups is 8. The van der Waals surface area contributed by atoms with E-state index in [9.17, 15) is 38.4 Å². The summed E-state index contributed by atoms with van der Waals surface area (Å²) in [5, 5.41) is 20.7. The molecule has 334 valence electrons. The fraction of sp³-hybridized carbons (Fsp3) is 0.553. The summed E-state index contributed by atoms with van der Waals surface area (Å²) in [6, 6.07) is 6.44. The first-order valence-electron chi connectivity index (χ1n) is 18.9. The van der Waals surface area contributed by atoms with Crippen molar-refractivity contribution in [1.29, 1.82) is 0 Å². The number of rotatable bonds is 14. The molecule has 24 nitrogen and oxygen atoms in total. The lowest BCUT2D eigenvalue weighted by Gasteiger charge is -2.48. The van der Waals surface area contributed by atoms with Crippen LogP contribution in [0.25, 0.3) is 11.3 Å². The molecule has 0 amide bonds. The van der Waals surface area contributed by atoms with Crippen molar-refractivity contribution in [1.82, 2.24) is 15.0 Å². The van der Waals surface area contributed by atoms with Gasteiger partial charge in [0, 0.05) is 61.0 Å². The Morgan fingerprint density at radius 2 is 1.10 bits per heavy atom.